The summed E-state index contributed by atoms with van der Waals surface area (Å²) in [6.07, 6.45) is 4.39. The molecule has 1 aliphatic rings. The molecule has 0 atom stereocenters. The van der Waals surface area contributed by atoms with Crippen LogP contribution in [-0.2, 0) is 19.4 Å². The minimum atomic E-state index is -1.07. The van der Waals surface area contributed by atoms with Crippen LogP contribution in [0.3, 0.4) is 0 Å². The number of aryl methyl sites for hydroxylation is 2. The molecule has 0 unspecified atom stereocenters. The Morgan fingerprint density at radius 3 is 2.81 bits per heavy atom. The standard InChI is InChI=1S/C22H25N3O2/c1-15-18-9-4-5-10-19(18)25-20(24-15)14-23-21(26)17-8-6-7-16(13-17)11-12-22(2,3)27/h6-8,13,27H,4-5,9-10,14H2,1-3H3,(H,23,26). The average Bonchev–Trinajstić information content (AvgIpc) is 2.64. The van der Waals surface area contributed by atoms with Gasteiger partial charge in [-0.25, -0.2) is 9.97 Å². The molecule has 2 aromatic rings. The molecule has 0 aliphatic heterocycles. The van der Waals surface area contributed by atoms with E-state index in [1.54, 1.807) is 32.0 Å². The number of carbonyl (C=O) groups is 1. The summed E-state index contributed by atoms with van der Waals surface area (Å²) in [5, 5.41) is 12.6. The van der Waals surface area contributed by atoms with Crippen LogP contribution in [0.4, 0.5) is 0 Å². The maximum absolute atomic E-state index is 12.5. The van der Waals surface area contributed by atoms with Crippen LogP contribution in [0.1, 0.15) is 65.4 Å². The van der Waals surface area contributed by atoms with Crippen LogP contribution in [0.2, 0.25) is 0 Å². The summed E-state index contributed by atoms with van der Waals surface area (Å²) in [5.74, 6) is 6.10. The summed E-state index contributed by atoms with van der Waals surface area (Å²) in [4.78, 5) is 21.7. The van der Waals surface area contributed by atoms with Gasteiger partial charge < -0.3 is 10.4 Å². The van der Waals surface area contributed by atoms with Gasteiger partial charge in [0, 0.05) is 22.5 Å². The Bertz CT molecular complexity index is 917. The first-order chi connectivity index (χ1) is 12.8. The Morgan fingerprint density at radius 2 is 2.04 bits per heavy atom. The summed E-state index contributed by atoms with van der Waals surface area (Å²) in [6.45, 7) is 5.56. The van der Waals surface area contributed by atoms with Crippen LogP contribution >= 0.6 is 0 Å². The molecule has 3 rings (SSSR count). The lowest BCUT2D eigenvalue weighted by Gasteiger charge is -2.17. The van der Waals surface area contributed by atoms with E-state index in [0.717, 1.165) is 30.7 Å². The average molecular weight is 363 g/mol. The molecular weight excluding hydrogens is 338 g/mol. The summed E-state index contributed by atoms with van der Waals surface area (Å²) in [5.41, 5.74) is 3.56. The molecule has 5 nitrogen and oxygen atoms in total. The highest BCUT2D eigenvalue weighted by atomic mass is 16.3. The van der Waals surface area contributed by atoms with Gasteiger partial charge in [0.2, 0.25) is 0 Å². The van der Waals surface area contributed by atoms with E-state index < -0.39 is 5.60 Å². The van der Waals surface area contributed by atoms with Crippen LogP contribution in [0, 0.1) is 18.8 Å². The number of carbonyl (C=O) groups excluding carboxylic acids is 1. The number of benzene rings is 1. The normalized spacial score (nSPS) is 13.3. The third kappa shape index (κ3) is 5.15. The molecule has 1 amide bonds. The van der Waals surface area contributed by atoms with Gasteiger partial charge in [-0.15, -0.1) is 0 Å². The van der Waals surface area contributed by atoms with E-state index in [2.05, 4.69) is 27.1 Å². The van der Waals surface area contributed by atoms with Crippen LogP contribution < -0.4 is 5.32 Å². The summed E-state index contributed by atoms with van der Waals surface area (Å²) in [7, 11) is 0. The molecule has 140 valence electrons. The van der Waals surface area contributed by atoms with Gasteiger partial charge in [0.05, 0.1) is 6.54 Å². The van der Waals surface area contributed by atoms with E-state index in [0.29, 0.717) is 23.5 Å². The number of nitrogens with one attached hydrogen (secondary N) is 1. The van der Waals surface area contributed by atoms with Crippen molar-refractivity contribution in [1.82, 2.24) is 15.3 Å². The van der Waals surface area contributed by atoms with Gasteiger partial charge in [-0.3, -0.25) is 4.79 Å². The Balaban J connectivity index is 1.69. The van der Waals surface area contributed by atoms with Gasteiger partial charge in [0.25, 0.3) is 5.91 Å². The minimum absolute atomic E-state index is 0.194. The zero-order valence-electron chi connectivity index (χ0n) is 16.1. The second-order valence-electron chi connectivity index (χ2n) is 7.43. The maximum atomic E-state index is 12.5. The molecule has 0 saturated carbocycles. The molecule has 0 spiro atoms. The van der Waals surface area contributed by atoms with Gasteiger partial charge in [-0.2, -0.15) is 0 Å². The molecule has 27 heavy (non-hydrogen) atoms. The first-order valence-electron chi connectivity index (χ1n) is 9.31. The van der Waals surface area contributed by atoms with Crippen molar-refractivity contribution in [3.63, 3.8) is 0 Å². The number of nitrogens with zero attached hydrogens (tertiary/aromatic N) is 2. The Hall–Kier alpha value is -2.71. The van der Waals surface area contributed by atoms with Crippen LogP contribution in [-0.4, -0.2) is 26.6 Å². The van der Waals surface area contributed by atoms with Crippen molar-refractivity contribution >= 4 is 5.91 Å². The minimum Gasteiger partial charge on any atom is -0.378 e. The highest BCUT2D eigenvalue weighted by Crippen LogP contribution is 2.21. The summed E-state index contributed by atoms with van der Waals surface area (Å²) in [6, 6.07) is 7.05. The number of aliphatic hydroxyl groups is 1. The molecule has 1 heterocycles. The Kier molecular flexibility index (Phi) is 5.57. The van der Waals surface area contributed by atoms with E-state index >= 15 is 0 Å². The van der Waals surface area contributed by atoms with Gasteiger partial charge in [0.1, 0.15) is 11.4 Å². The predicted octanol–water partition coefficient (Wildman–Crippen LogP) is 2.72. The number of hydrogen-bond donors (Lipinski definition) is 2. The van der Waals surface area contributed by atoms with E-state index in [1.807, 2.05) is 13.0 Å². The molecule has 5 heteroatoms. The van der Waals surface area contributed by atoms with E-state index in [4.69, 9.17) is 0 Å². The number of hydrogen-bond acceptors (Lipinski definition) is 4. The van der Waals surface area contributed by atoms with Crippen molar-refractivity contribution in [3.05, 3.63) is 58.2 Å². The quantitative estimate of drug-likeness (QED) is 0.822. The molecule has 0 radical (unpaired) electrons. The fraction of sp³-hybridized carbons (Fsp3) is 0.409. The number of rotatable bonds is 3. The van der Waals surface area contributed by atoms with Crippen molar-refractivity contribution < 1.29 is 9.90 Å². The monoisotopic (exact) mass is 363 g/mol. The third-order valence-corrected chi connectivity index (χ3v) is 4.48. The second kappa shape index (κ2) is 7.89. The molecular formula is C22H25N3O2. The third-order valence-electron chi connectivity index (χ3n) is 4.48. The number of amides is 1. The van der Waals surface area contributed by atoms with Gasteiger partial charge in [-0.05, 0) is 70.2 Å². The molecule has 2 N–H and O–H groups in total. The van der Waals surface area contributed by atoms with E-state index in [-0.39, 0.29) is 5.91 Å². The first-order valence-corrected chi connectivity index (χ1v) is 9.31. The first kappa shape index (κ1) is 19.1. The van der Waals surface area contributed by atoms with Crippen LogP contribution in [0.25, 0.3) is 0 Å². The molecule has 0 saturated heterocycles. The lowest BCUT2D eigenvalue weighted by atomic mass is 9.95. The molecule has 1 aromatic heterocycles. The number of aromatic nitrogens is 2. The number of fused-ring (bicyclic) bond motifs is 1. The smallest absolute Gasteiger partial charge is 0.251 e. The summed E-state index contributed by atoms with van der Waals surface area (Å²) >= 11 is 0. The van der Waals surface area contributed by atoms with Crippen LogP contribution in [0.5, 0.6) is 0 Å². The Labute approximate surface area is 160 Å². The molecule has 1 aromatic carbocycles. The van der Waals surface area contributed by atoms with Gasteiger partial charge >= 0.3 is 0 Å². The van der Waals surface area contributed by atoms with Crippen molar-refractivity contribution in [2.45, 2.75) is 58.6 Å². The lowest BCUT2D eigenvalue weighted by molar-refractivity contribution is 0.0949. The molecule has 1 aliphatic carbocycles. The molecule has 0 bridgehead atoms. The predicted molar refractivity (Wildman–Crippen MR) is 104 cm³/mol. The topological polar surface area (TPSA) is 75.1 Å². The van der Waals surface area contributed by atoms with E-state index in [9.17, 15) is 9.90 Å². The fourth-order valence-corrected chi connectivity index (χ4v) is 3.15. The highest BCUT2D eigenvalue weighted by molar-refractivity contribution is 5.94. The van der Waals surface area contributed by atoms with Crippen molar-refractivity contribution in [1.29, 1.82) is 0 Å². The van der Waals surface area contributed by atoms with Crippen LogP contribution in [0.15, 0.2) is 24.3 Å². The van der Waals surface area contributed by atoms with Crippen molar-refractivity contribution in [3.8, 4) is 11.8 Å². The lowest BCUT2D eigenvalue weighted by Crippen LogP contribution is -2.25. The van der Waals surface area contributed by atoms with Gasteiger partial charge in [-0.1, -0.05) is 17.9 Å². The highest BCUT2D eigenvalue weighted by Gasteiger charge is 2.16. The zero-order chi connectivity index (χ0) is 19.4. The zero-order valence-corrected chi connectivity index (χ0v) is 16.1. The largest absolute Gasteiger partial charge is 0.378 e. The fourth-order valence-electron chi connectivity index (χ4n) is 3.15. The van der Waals surface area contributed by atoms with Crippen molar-refractivity contribution in [2.24, 2.45) is 0 Å². The Morgan fingerprint density at radius 1 is 1.26 bits per heavy atom. The van der Waals surface area contributed by atoms with Crippen molar-refractivity contribution in [2.75, 3.05) is 0 Å². The van der Waals surface area contributed by atoms with Gasteiger partial charge in [0.15, 0.2) is 0 Å². The molecule has 0 fully saturated rings. The van der Waals surface area contributed by atoms with E-state index in [1.165, 1.54) is 12.0 Å². The summed E-state index contributed by atoms with van der Waals surface area (Å²) < 4.78 is 0. The maximum Gasteiger partial charge on any atom is 0.251 e. The SMILES string of the molecule is Cc1nc(CNC(=O)c2cccc(C#CC(C)(C)O)c2)nc2c1CCCC2. The second-order valence-corrected chi connectivity index (χ2v) is 7.43.